The quantitative estimate of drug-likeness (QED) is 0.789. The Balaban J connectivity index is 1.91. The van der Waals surface area contributed by atoms with Crippen LogP contribution in [-0.2, 0) is 9.47 Å². The first-order chi connectivity index (χ1) is 12.3. The zero-order valence-corrected chi connectivity index (χ0v) is 15.7. The third-order valence-corrected chi connectivity index (χ3v) is 4.15. The van der Waals surface area contributed by atoms with E-state index in [0.29, 0.717) is 12.2 Å². The van der Waals surface area contributed by atoms with Gasteiger partial charge in [-0.3, -0.25) is 5.32 Å². The van der Waals surface area contributed by atoms with Crippen LogP contribution in [0.25, 0.3) is 0 Å². The number of hydrogen-bond acceptors (Lipinski definition) is 4. The zero-order valence-electron chi connectivity index (χ0n) is 15.7. The van der Waals surface area contributed by atoms with Crippen LogP contribution in [-0.4, -0.2) is 41.9 Å². The van der Waals surface area contributed by atoms with Crippen LogP contribution in [0, 0.1) is 5.92 Å². The highest BCUT2D eigenvalue weighted by molar-refractivity contribution is 5.84. The van der Waals surface area contributed by atoms with Crippen LogP contribution in [0.1, 0.15) is 33.6 Å². The van der Waals surface area contributed by atoms with Crippen molar-refractivity contribution in [2.45, 2.75) is 45.3 Å². The molecule has 0 saturated carbocycles. The summed E-state index contributed by atoms with van der Waals surface area (Å²) >= 11 is 0. The molecule has 0 bridgehead atoms. The number of para-hydroxylation sites is 1. The maximum atomic E-state index is 12.4. The monoisotopic (exact) mass is 360 g/mol. The van der Waals surface area contributed by atoms with Gasteiger partial charge in [-0.05, 0) is 45.7 Å². The van der Waals surface area contributed by atoms with Gasteiger partial charge in [0.25, 0.3) is 0 Å². The molecule has 1 aromatic rings. The van der Waals surface area contributed by atoms with Crippen molar-refractivity contribution in [1.29, 1.82) is 0 Å². The number of nitrogens with one attached hydrogen (secondary N) is 1. The first kappa shape index (κ1) is 19.8. The normalized spacial score (nSPS) is 18.1. The summed E-state index contributed by atoms with van der Waals surface area (Å²) in [4.78, 5) is 26.1. The van der Waals surface area contributed by atoms with Gasteiger partial charge in [0.1, 0.15) is 12.2 Å². The molecule has 1 N–H and O–H groups in total. The maximum absolute atomic E-state index is 12.4. The van der Waals surface area contributed by atoms with Crippen molar-refractivity contribution in [3.8, 4) is 0 Å². The molecular formula is C20H28N2O4. The lowest BCUT2D eigenvalue weighted by Crippen LogP contribution is -2.43. The summed E-state index contributed by atoms with van der Waals surface area (Å²) in [6.45, 7) is 10.2. The van der Waals surface area contributed by atoms with Gasteiger partial charge in [-0.15, -0.1) is 6.58 Å². The molecule has 2 atom stereocenters. The summed E-state index contributed by atoms with van der Waals surface area (Å²) in [5.74, 6) is -0.147. The number of benzene rings is 1. The molecule has 1 saturated heterocycles. The van der Waals surface area contributed by atoms with E-state index >= 15 is 0 Å². The van der Waals surface area contributed by atoms with Gasteiger partial charge in [-0.1, -0.05) is 24.3 Å². The van der Waals surface area contributed by atoms with Crippen LogP contribution in [0.4, 0.5) is 15.3 Å². The second-order valence-electron chi connectivity index (χ2n) is 7.37. The van der Waals surface area contributed by atoms with Crippen molar-refractivity contribution in [2.75, 3.05) is 18.5 Å². The summed E-state index contributed by atoms with van der Waals surface area (Å²) in [5, 5.41) is 2.68. The van der Waals surface area contributed by atoms with Gasteiger partial charge in [0.05, 0.1) is 0 Å². The van der Waals surface area contributed by atoms with E-state index in [0.717, 1.165) is 12.8 Å². The molecule has 0 aliphatic carbocycles. The van der Waals surface area contributed by atoms with Crippen LogP contribution < -0.4 is 5.32 Å². The first-order valence-electron chi connectivity index (χ1n) is 8.91. The fraction of sp³-hybridized carbons (Fsp3) is 0.500. The molecule has 0 radical (unpaired) electrons. The Kier molecular flexibility index (Phi) is 6.66. The zero-order chi connectivity index (χ0) is 19.2. The topological polar surface area (TPSA) is 67.9 Å². The summed E-state index contributed by atoms with van der Waals surface area (Å²) in [5.41, 5.74) is 0.129. The lowest BCUT2D eigenvalue weighted by atomic mass is 9.98. The molecule has 6 heteroatoms. The van der Waals surface area contributed by atoms with Crippen LogP contribution in [0.3, 0.4) is 0 Å². The van der Waals surface area contributed by atoms with Gasteiger partial charge in [-0.25, -0.2) is 9.59 Å². The molecule has 1 aliphatic heterocycles. The van der Waals surface area contributed by atoms with Gasteiger partial charge in [0.2, 0.25) is 0 Å². The number of nitrogens with zero attached hydrogens (tertiary/aromatic N) is 1. The van der Waals surface area contributed by atoms with Gasteiger partial charge in [0.15, 0.2) is 0 Å². The number of ether oxygens (including phenoxy) is 2. The van der Waals surface area contributed by atoms with Crippen molar-refractivity contribution < 1.29 is 19.1 Å². The predicted molar refractivity (Wildman–Crippen MR) is 101 cm³/mol. The van der Waals surface area contributed by atoms with Crippen molar-refractivity contribution in [1.82, 2.24) is 4.90 Å². The Morgan fingerprint density at radius 3 is 2.65 bits per heavy atom. The van der Waals surface area contributed by atoms with E-state index in [1.807, 2.05) is 39.0 Å². The standard InChI is InChI=1S/C20H28N2O4/c1-5-15(14-25-18(23)21-16-10-7-6-8-11-16)17-12-9-13-22(17)19(24)26-20(2,3)4/h5-8,10-11,15,17H,1,9,12-14H2,2-4H3,(H,21,23)/t15-,17-/m0/s1. The Labute approximate surface area is 155 Å². The molecule has 2 amide bonds. The summed E-state index contributed by atoms with van der Waals surface area (Å²) in [6.07, 6.45) is 2.61. The fourth-order valence-corrected chi connectivity index (χ4v) is 2.97. The average molecular weight is 360 g/mol. The van der Waals surface area contributed by atoms with E-state index in [1.165, 1.54) is 0 Å². The van der Waals surface area contributed by atoms with Crippen molar-refractivity contribution in [3.05, 3.63) is 43.0 Å². The molecule has 142 valence electrons. The molecule has 1 fully saturated rings. The highest BCUT2D eigenvalue weighted by Gasteiger charge is 2.36. The number of likely N-dealkylation sites (tertiary alicyclic amines) is 1. The predicted octanol–water partition coefficient (Wildman–Crippen LogP) is 4.44. The molecule has 26 heavy (non-hydrogen) atoms. The van der Waals surface area contributed by atoms with Crippen LogP contribution in [0.15, 0.2) is 43.0 Å². The molecule has 0 spiro atoms. The van der Waals surface area contributed by atoms with Crippen molar-refractivity contribution >= 4 is 17.9 Å². The van der Waals surface area contributed by atoms with E-state index < -0.39 is 11.7 Å². The first-order valence-corrected chi connectivity index (χ1v) is 8.91. The number of rotatable bonds is 5. The SMILES string of the molecule is C=C[C@@H](COC(=O)Nc1ccccc1)[C@@H]1CCCN1C(=O)OC(C)(C)C. The number of carbonyl (C=O) groups excluding carboxylic acids is 2. The van der Waals surface area contributed by atoms with Crippen molar-refractivity contribution in [3.63, 3.8) is 0 Å². The summed E-state index contributed by atoms with van der Waals surface area (Å²) in [6, 6.07) is 9.03. The fourth-order valence-electron chi connectivity index (χ4n) is 2.97. The minimum absolute atomic E-state index is 0.0770. The molecule has 0 aromatic heterocycles. The molecule has 6 nitrogen and oxygen atoms in total. The molecule has 1 heterocycles. The smallest absolute Gasteiger partial charge is 0.411 e. The summed E-state index contributed by atoms with van der Waals surface area (Å²) < 4.78 is 10.8. The molecule has 0 unspecified atom stereocenters. The minimum Gasteiger partial charge on any atom is -0.449 e. The van der Waals surface area contributed by atoms with Gasteiger partial charge >= 0.3 is 12.2 Å². The molecular weight excluding hydrogens is 332 g/mol. The highest BCUT2D eigenvalue weighted by Crippen LogP contribution is 2.27. The Bertz CT molecular complexity index is 624. The van der Waals surface area contributed by atoms with Gasteiger partial charge in [0, 0.05) is 24.2 Å². The van der Waals surface area contributed by atoms with E-state index in [9.17, 15) is 9.59 Å². The van der Waals surface area contributed by atoms with Gasteiger partial charge < -0.3 is 14.4 Å². The summed E-state index contributed by atoms with van der Waals surface area (Å²) in [7, 11) is 0. The highest BCUT2D eigenvalue weighted by atomic mass is 16.6. The van der Waals surface area contributed by atoms with Crippen LogP contribution in [0.2, 0.25) is 0 Å². The second-order valence-corrected chi connectivity index (χ2v) is 7.37. The second kappa shape index (κ2) is 8.74. The van der Waals surface area contributed by atoms with Crippen LogP contribution in [0.5, 0.6) is 0 Å². The molecule has 2 rings (SSSR count). The third-order valence-electron chi connectivity index (χ3n) is 4.15. The van der Waals surface area contributed by atoms with E-state index in [1.54, 1.807) is 23.1 Å². The Morgan fingerprint density at radius 2 is 2.04 bits per heavy atom. The minimum atomic E-state index is -0.542. The van der Waals surface area contributed by atoms with E-state index in [2.05, 4.69) is 11.9 Å². The maximum Gasteiger partial charge on any atom is 0.411 e. The van der Waals surface area contributed by atoms with Crippen LogP contribution >= 0.6 is 0 Å². The van der Waals surface area contributed by atoms with Gasteiger partial charge in [-0.2, -0.15) is 0 Å². The largest absolute Gasteiger partial charge is 0.449 e. The lowest BCUT2D eigenvalue weighted by molar-refractivity contribution is 0.0169. The average Bonchev–Trinajstić information content (AvgIpc) is 3.04. The van der Waals surface area contributed by atoms with Crippen molar-refractivity contribution in [2.24, 2.45) is 5.92 Å². The molecule has 1 aromatic carbocycles. The van der Waals surface area contributed by atoms with E-state index in [-0.39, 0.29) is 24.7 Å². The number of hydrogen-bond donors (Lipinski definition) is 1. The Morgan fingerprint density at radius 1 is 1.35 bits per heavy atom. The molecule has 1 aliphatic rings. The number of carbonyl (C=O) groups is 2. The lowest BCUT2D eigenvalue weighted by Gasteiger charge is -2.31. The number of anilines is 1. The van der Waals surface area contributed by atoms with E-state index in [4.69, 9.17) is 9.47 Å². The number of amides is 2. The third kappa shape index (κ3) is 5.79. The Hall–Kier alpha value is -2.50.